The fraction of sp³-hybridized carbons (Fsp3) is 0.923. The van der Waals surface area contributed by atoms with Crippen LogP contribution in [0, 0.1) is 23.2 Å². The fourth-order valence-corrected chi connectivity index (χ4v) is 3.03. The molecule has 1 N–H and O–H groups in total. The molecule has 0 spiro atoms. The minimum absolute atomic E-state index is 0.636. The van der Waals surface area contributed by atoms with Crippen LogP contribution in [0.2, 0.25) is 0 Å². The minimum atomic E-state index is 0.636. The monoisotopic (exact) mass is 240 g/mol. The van der Waals surface area contributed by atoms with Crippen molar-refractivity contribution in [3.8, 4) is 6.07 Å². The second kappa shape index (κ2) is 7.97. The minimum Gasteiger partial charge on any atom is -0.314 e. The number of thioether (sulfide) groups is 1. The Morgan fingerprint density at radius 2 is 2.19 bits per heavy atom. The number of nitrogens with zero attached hydrogens (tertiary/aromatic N) is 1. The van der Waals surface area contributed by atoms with E-state index < -0.39 is 0 Å². The molecule has 0 radical (unpaired) electrons. The molecule has 1 rings (SSSR count). The van der Waals surface area contributed by atoms with E-state index in [1.165, 1.54) is 25.7 Å². The Labute approximate surface area is 104 Å². The summed E-state index contributed by atoms with van der Waals surface area (Å²) in [7, 11) is 0. The van der Waals surface area contributed by atoms with Crippen LogP contribution in [0.4, 0.5) is 0 Å². The molecule has 0 aromatic carbocycles. The SMILES string of the molecule is C[C@H]1[C@H](C)CCC[C@@H]1NCCCSCC#N. The lowest BCUT2D eigenvalue weighted by Gasteiger charge is -2.34. The van der Waals surface area contributed by atoms with Gasteiger partial charge in [-0.3, -0.25) is 0 Å². The summed E-state index contributed by atoms with van der Waals surface area (Å²) in [6, 6.07) is 2.89. The third-order valence-corrected chi connectivity index (χ3v) is 4.66. The first-order valence-electron chi connectivity index (χ1n) is 6.43. The Bertz CT molecular complexity index is 224. The van der Waals surface area contributed by atoms with Crippen molar-refractivity contribution in [2.24, 2.45) is 11.8 Å². The molecule has 0 aromatic heterocycles. The van der Waals surface area contributed by atoms with Gasteiger partial charge in [0.1, 0.15) is 0 Å². The molecule has 0 aliphatic heterocycles. The molecule has 0 unspecified atom stereocenters. The van der Waals surface area contributed by atoms with Gasteiger partial charge in [0.25, 0.3) is 0 Å². The van der Waals surface area contributed by atoms with Crippen LogP contribution in [0.25, 0.3) is 0 Å². The molecule has 0 heterocycles. The van der Waals surface area contributed by atoms with E-state index in [-0.39, 0.29) is 0 Å². The van der Waals surface area contributed by atoms with Crippen LogP contribution in [0.3, 0.4) is 0 Å². The van der Waals surface area contributed by atoms with Gasteiger partial charge in [-0.2, -0.15) is 5.26 Å². The average Bonchev–Trinajstić information content (AvgIpc) is 2.29. The molecule has 1 aliphatic rings. The standard InChI is InChI=1S/C13H24N2S/c1-11-5-3-6-13(12(11)2)15-8-4-9-16-10-7-14/h11-13,15H,3-6,8-10H2,1-2H3/t11-,12+,13+/m1/s1. The maximum atomic E-state index is 8.40. The molecule has 0 aromatic rings. The van der Waals surface area contributed by atoms with E-state index in [2.05, 4.69) is 25.2 Å². The van der Waals surface area contributed by atoms with Gasteiger partial charge in [-0.25, -0.2) is 0 Å². The number of nitriles is 1. The van der Waals surface area contributed by atoms with E-state index >= 15 is 0 Å². The summed E-state index contributed by atoms with van der Waals surface area (Å²) in [5.41, 5.74) is 0. The highest BCUT2D eigenvalue weighted by atomic mass is 32.2. The van der Waals surface area contributed by atoms with Crippen LogP contribution >= 0.6 is 11.8 Å². The zero-order valence-electron chi connectivity index (χ0n) is 10.5. The third kappa shape index (κ3) is 4.76. The highest BCUT2D eigenvalue weighted by Crippen LogP contribution is 2.29. The fourth-order valence-electron chi connectivity index (χ4n) is 2.45. The smallest absolute Gasteiger partial charge is 0.0808 e. The van der Waals surface area contributed by atoms with Gasteiger partial charge in [-0.05, 0) is 37.0 Å². The van der Waals surface area contributed by atoms with Gasteiger partial charge in [0.2, 0.25) is 0 Å². The first-order chi connectivity index (χ1) is 7.75. The van der Waals surface area contributed by atoms with Crippen LogP contribution in [-0.4, -0.2) is 24.1 Å². The van der Waals surface area contributed by atoms with Gasteiger partial charge < -0.3 is 5.32 Å². The van der Waals surface area contributed by atoms with Crippen LogP contribution in [0.15, 0.2) is 0 Å². The molecule has 1 fully saturated rings. The largest absolute Gasteiger partial charge is 0.314 e. The first-order valence-corrected chi connectivity index (χ1v) is 7.59. The Hall–Kier alpha value is -0.200. The highest BCUT2D eigenvalue weighted by Gasteiger charge is 2.25. The van der Waals surface area contributed by atoms with E-state index in [9.17, 15) is 0 Å². The lowest BCUT2D eigenvalue weighted by Crippen LogP contribution is -2.41. The van der Waals surface area contributed by atoms with E-state index in [4.69, 9.17) is 5.26 Å². The molecule has 16 heavy (non-hydrogen) atoms. The van der Waals surface area contributed by atoms with Gasteiger partial charge in [0.05, 0.1) is 11.8 Å². The molecule has 2 nitrogen and oxygen atoms in total. The number of hydrogen-bond donors (Lipinski definition) is 1. The van der Waals surface area contributed by atoms with E-state index in [0.29, 0.717) is 5.75 Å². The van der Waals surface area contributed by atoms with Crippen molar-refractivity contribution in [3.63, 3.8) is 0 Å². The molecule has 92 valence electrons. The Morgan fingerprint density at radius 1 is 1.38 bits per heavy atom. The zero-order chi connectivity index (χ0) is 11.8. The van der Waals surface area contributed by atoms with Crippen molar-refractivity contribution in [1.29, 1.82) is 5.26 Å². The first kappa shape index (κ1) is 13.9. The van der Waals surface area contributed by atoms with Crippen molar-refractivity contribution in [3.05, 3.63) is 0 Å². The highest BCUT2D eigenvalue weighted by molar-refractivity contribution is 7.99. The maximum absolute atomic E-state index is 8.40. The molecule has 0 amide bonds. The normalized spacial score (nSPS) is 29.9. The van der Waals surface area contributed by atoms with Gasteiger partial charge >= 0.3 is 0 Å². The summed E-state index contributed by atoms with van der Waals surface area (Å²) in [4.78, 5) is 0. The topological polar surface area (TPSA) is 35.8 Å². The summed E-state index contributed by atoms with van der Waals surface area (Å²) in [6.07, 6.45) is 5.31. The second-order valence-corrected chi connectivity index (χ2v) is 6.00. The third-order valence-electron chi connectivity index (χ3n) is 3.75. The van der Waals surface area contributed by atoms with Gasteiger partial charge in [-0.1, -0.05) is 26.7 Å². The molecule has 0 bridgehead atoms. The van der Waals surface area contributed by atoms with Gasteiger partial charge in [0.15, 0.2) is 0 Å². The second-order valence-electron chi connectivity index (χ2n) is 4.89. The van der Waals surface area contributed by atoms with E-state index in [1.54, 1.807) is 11.8 Å². The van der Waals surface area contributed by atoms with Crippen LogP contribution in [-0.2, 0) is 0 Å². The van der Waals surface area contributed by atoms with Crippen molar-refractivity contribution in [1.82, 2.24) is 5.32 Å². The van der Waals surface area contributed by atoms with Gasteiger partial charge in [0, 0.05) is 6.04 Å². The van der Waals surface area contributed by atoms with Crippen LogP contribution in [0.1, 0.15) is 39.5 Å². The molecule has 3 atom stereocenters. The van der Waals surface area contributed by atoms with Crippen molar-refractivity contribution >= 4 is 11.8 Å². The molecule has 1 aliphatic carbocycles. The zero-order valence-corrected chi connectivity index (χ0v) is 11.4. The molecular weight excluding hydrogens is 216 g/mol. The lowest BCUT2D eigenvalue weighted by atomic mass is 9.78. The summed E-state index contributed by atoms with van der Waals surface area (Å²) < 4.78 is 0. The quantitative estimate of drug-likeness (QED) is 0.725. The molecule has 1 saturated carbocycles. The van der Waals surface area contributed by atoms with Crippen molar-refractivity contribution in [2.45, 2.75) is 45.6 Å². The predicted octanol–water partition coefficient (Wildman–Crippen LogP) is 3.05. The lowest BCUT2D eigenvalue weighted by molar-refractivity contribution is 0.207. The van der Waals surface area contributed by atoms with Crippen LogP contribution in [0.5, 0.6) is 0 Å². The Morgan fingerprint density at radius 3 is 2.94 bits per heavy atom. The molecular formula is C13H24N2S. The molecule has 0 saturated heterocycles. The van der Waals surface area contributed by atoms with E-state index in [1.807, 2.05) is 0 Å². The average molecular weight is 240 g/mol. The Kier molecular flexibility index (Phi) is 6.91. The van der Waals surface area contributed by atoms with Crippen LogP contribution < -0.4 is 5.32 Å². The maximum Gasteiger partial charge on any atom is 0.0808 e. The number of hydrogen-bond acceptors (Lipinski definition) is 3. The number of rotatable bonds is 6. The Balaban J connectivity index is 2.06. The summed E-state index contributed by atoms with van der Waals surface area (Å²) in [5, 5.41) is 12.1. The van der Waals surface area contributed by atoms with Crippen molar-refractivity contribution in [2.75, 3.05) is 18.1 Å². The number of nitrogens with one attached hydrogen (secondary N) is 1. The summed E-state index contributed by atoms with van der Waals surface area (Å²) in [6.45, 7) is 5.87. The summed E-state index contributed by atoms with van der Waals surface area (Å²) in [5.74, 6) is 3.44. The van der Waals surface area contributed by atoms with Gasteiger partial charge in [-0.15, -0.1) is 11.8 Å². The van der Waals surface area contributed by atoms with Crippen molar-refractivity contribution < 1.29 is 0 Å². The predicted molar refractivity (Wildman–Crippen MR) is 71.5 cm³/mol. The van der Waals surface area contributed by atoms with E-state index in [0.717, 1.165) is 30.2 Å². The summed E-state index contributed by atoms with van der Waals surface area (Å²) >= 11 is 1.74. The molecule has 3 heteroatoms.